The average molecular weight is 334 g/mol. The predicted octanol–water partition coefficient (Wildman–Crippen LogP) is 0.848. The number of nitrogens with zero attached hydrogens (tertiary/aromatic N) is 4. The van der Waals surface area contributed by atoms with Gasteiger partial charge in [-0.15, -0.1) is 5.10 Å². The number of rotatable bonds is 4. The van der Waals surface area contributed by atoms with E-state index in [0.717, 1.165) is 38.5 Å². The first kappa shape index (κ1) is 16.9. The molecule has 0 amide bonds. The third-order valence-electron chi connectivity index (χ3n) is 4.19. The summed E-state index contributed by atoms with van der Waals surface area (Å²) in [5, 5.41) is 10.0. The lowest BCUT2D eigenvalue weighted by Crippen LogP contribution is -2.42. The summed E-state index contributed by atoms with van der Waals surface area (Å²) in [7, 11) is 0. The summed E-state index contributed by atoms with van der Waals surface area (Å²) in [6.45, 7) is 12.7. The van der Waals surface area contributed by atoms with Gasteiger partial charge < -0.3 is 10.1 Å². The fraction of sp³-hybridized carbons (Fsp3) is 0.688. The lowest BCUT2D eigenvalue weighted by molar-refractivity contribution is 0.0368. The summed E-state index contributed by atoms with van der Waals surface area (Å²) in [6.07, 6.45) is 1.76. The Balaban J connectivity index is 1.86. The molecule has 2 aromatic rings. The number of morpholine rings is 1. The molecule has 1 atom stereocenters. The SMILES string of the molecule is CC(CN1CCOCC1)Nc1nc(C(C)(C)C)cn2c(=O)[nH]nc12. The molecule has 24 heavy (non-hydrogen) atoms. The van der Waals surface area contributed by atoms with E-state index in [2.05, 4.69) is 48.1 Å². The van der Waals surface area contributed by atoms with E-state index in [0.29, 0.717) is 11.5 Å². The average Bonchev–Trinajstić information content (AvgIpc) is 2.89. The zero-order valence-electron chi connectivity index (χ0n) is 14.8. The normalized spacial score (nSPS) is 18.0. The molecule has 0 saturated carbocycles. The van der Waals surface area contributed by atoms with Gasteiger partial charge in [-0.3, -0.25) is 4.90 Å². The minimum atomic E-state index is -0.248. The third kappa shape index (κ3) is 3.59. The highest BCUT2D eigenvalue weighted by Crippen LogP contribution is 2.23. The predicted molar refractivity (Wildman–Crippen MR) is 92.7 cm³/mol. The monoisotopic (exact) mass is 334 g/mol. The number of ether oxygens (including phenoxy) is 1. The van der Waals surface area contributed by atoms with Crippen molar-refractivity contribution in [3.8, 4) is 0 Å². The molecular weight excluding hydrogens is 308 g/mol. The zero-order chi connectivity index (χ0) is 17.3. The van der Waals surface area contributed by atoms with Crippen molar-refractivity contribution in [2.24, 2.45) is 0 Å². The summed E-state index contributed by atoms with van der Waals surface area (Å²) in [4.78, 5) is 19.1. The second-order valence-electron chi connectivity index (χ2n) is 7.41. The molecule has 2 N–H and O–H groups in total. The molecule has 8 heteroatoms. The van der Waals surface area contributed by atoms with Crippen LogP contribution < -0.4 is 11.0 Å². The van der Waals surface area contributed by atoms with Gasteiger partial charge in [-0.1, -0.05) is 20.8 Å². The molecule has 1 aliphatic heterocycles. The van der Waals surface area contributed by atoms with Gasteiger partial charge in [-0.25, -0.2) is 19.3 Å². The standard InChI is InChI=1S/C16H26N6O2/c1-11(9-21-5-7-24-8-6-21)17-13-14-19-20-15(23)22(14)10-12(18-13)16(2,3)4/h10-11H,5-9H2,1-4H3,(H,17,18)(H,20,23). The Morgan fingerprint density at radius 3 is 2.75 bits per heavy atom. The second kappa shape index (κ2) is 6.52. The highest BCUT2D eigenvalue weighted by molar-refractivity contribution is 5.62. The van der Waals surface area contributed by atoms with E-state index >= 15 is 0 Å². The third-order valence-corrected chi connectivity index (χ3v) is 4.19. The first-order valence-corrected chi connectivity index (χ1v) is 8.39. The molecule has 132 valence electrons. The topological polar surface area (TPSA) is 87.5 Å². The van der Waals surface area contributed by atoms with Crippen molar-refractivity contribution < 1.29 is 4.74 Å². The van der Waals surface area contributed by atoms with E-state index in [4.69, 9.17) is 9.72 Å². The van der Waals surface area contributed by atoms with Gasteiger partial charge in [0, 0.05) is 37.3 Å². The van der Waals surface area contributed by atoms with Crippen LogP contribution in [0.1, 0.15) is 33.4 Å². The van der Waals surface area contributed by atoms with Crippen LogP contribution in [-0.4, -0.2) is 63.4 Å². The fourth-order valence-electron chi connectivity index (χ4n) is 2.82. The largest absolute Gasteiger partial charge is 0.379 e. The Morgan fingerprint density at radius 1 is 1.38 bits per heavy atom. The Bertz CT molecular complexity index is 754. The van der Waals surface area contributed by atoms with Gasteiger partial charge in [0.05, 0.1) is 18.9 Å². The van der Waals surface area contributed by atoms with Crippen molar-refractivity contribution in [3.05, 3.63) is 22.4 Å². The number of H-pyrrole nitrogens is 1. The van der Waals surface area contributed by atoms with Crippen LogP contribution >= 0.6 is 0 Å². The first-order chi connectivity index (χ1) is 11.3. The van der Waals surface area contributed by atoms with E-state index < -0.39 is 0 Å². The van der Waals surface area contributed by atoms with Gasteiger partial charge in [0.2, 0.25) is 5.65 Å². The van der Waals surface area contributed by atoms with E-state index in [1.807, 2.05) is 0 Å². The fourth-order valence-corrected chi connectivity index (χ4v) is 2.82. The van der Waals surface area contributed by atoms with E-state index in [1.165, 1.54) is 4.40 Å². The Labute approximate surface area is 141 Å². The molecule has 1 saturated heterocycles. The van der Waals surface area contributed by atoms with E-state index in [-0.39, 0.29) is 17.1 Å². The first-order valence-electron chi connectivity index (χ1n) is 8.39. The quantitative estimate of drug-likeness (QED) is 0.862. The number of aromatic amines is 1. The molecule has 0 spiro atoms. The van der Waals surface area contributed by atoms with E-state index in [9.17, 15) is 4.79 Å². The van der Waals surface area contributed by atoms with Crippen LogP contribution in [0.15, 0.2) is 11.0 Å². The van der Waals surface area contributed by atoms with Crippen LogP contribution in [-0.2, 0) is 10.2 Å². The number of nitrogens with one attached hydrogen (secondary N) is 2. The Morgan fingerprint density at radius 2 is 2.08 bits per heavy atom. The van der Waals surface area contributed by atoms with Crippen LogP contribution in [0, 0.1) is 0 Å². The number of hydrogen-bond acceptors (Lipinski definition) is 6. The van der Waals surface area contributed by atoms with Gasteiger partial charge in [-0.05, 0) is 6.92 Å². The van der Waals surface area contributed by atoms with Crippen molar-refractivity contribution in [3.63, 3.8) is 0 Å². The number of fused-ring (bicyclic) bond motifs is 1. The van der Waals surface area contributed by atoms with Crippen molar-refractivity contribution in [2.75, 3.05) is 38.2 Å². The van der Waals surface area contributed by atoms with Crippen LogP contribution in [0.2, 0.25) is 0 Å². The van der Waals surface area contributed by atoms with Gasteiger partial charge in [-0.2, -0.15) is 0 Å². The molecule has 8 nitrogen and oxygen atoms in total. The molecule has 3 heterocycles. The van der Waals surface area contributed by atoms with Crippen LogP contribution in [0.4, 0.5) is 5.82 Å². The Kier molecular flexibility index (Phi) is 4.60. The highest BCUT2D eigenvalue weighted by Gasteiger charge is 2.21. The molecule has 0 aliphatic carbocycles. The lowest BCUT2D eigenvalue weighted by Gasteiger charge is -2.29. The molecular formula is C16H26N6O2. The van der Waals surface area contributed by atoms with Crippen LogP contribution in [0.25, 0.3) is 5.65 Å². The van der Waals surface area contributed by atoms with Gasteiger partial charge in [0.25, 0.3) is 0 Å². The summed E-state index contributed by atoms with van der Waals surface area (Å²) in [6, 6.07) is 0.182. The highest BCUT2D eigenvalue weighted by atomic mass is 16.5. The lowest BCUT2D eigenvalue weighted by atomic mass is 9.93. The van der Waals surface area contributed by atoms with Crippen LogP contribution in [0.3, 0.4) is 0 Å². The van der Waals surface area contributed by atoms with Crippen molar-refractivity contribution in [2.45, 2.75) is 39.2 Å². The number of anilines is 1. The maximum Gasteiger partial charge on any atom is 0.347 e. The molecule has 0 bridgehead atoms. The molecule has 0 aromatic carbocycles. The summed E-state index contributed by atoms with van der Waals surface area (Å²) in [5.74, 6) is 0.640. The molecule has 1 fully saturated rings. The molecule has 0 radical (unpaired) electrons. The van der Waals surface area contributed by atoms with Crippen LogP contribution in [0.5, 0.6) is 0 Å². The van der Waals surface area contributed by atoms with Crippen molar-refractivity contribution >= 4 is 11.5 Å². The minimum Gasteiger partial charge on any atom is -0.379 e. The molecule has 2 aromatic heterocycles. The maximum absolute atomic E-state index is 12.0. The van der Waals surface area contributed by atoms with E-state index in [1.54, 1.807) is 6.20 Å². The molecule has 1 aliphatic rings. The maximum atomic E-state index is 12.0. The summed E-state index contributed by atoms with van der Waals surface area (Å²) < 4.78 is 6.91. The summed E-state index contributed by atoms with van der Waals surface area (Å²) in [5.41, 5.74) is 0.970. The Hall–Kier alpha value is -1.93. The molecule has 3 rings (SSSR count). The number of aromatic nitrogens is 4. The zero-order valence-corrected chi connectivity index (χ0v) is 14.8. The van der Waals surface area contributed by atoms with Crippen molar-refractivity contribution in [1.29, 1.82) is 0 Å². The summed E-state index contributed by atoms with van der Waals surface area (Å²) >= 11 is 0. The van der Waals surface area contributed by atoms with Gasteiger partial charge in [0.15, 0.2) is 5.82 Å². The molecule has 1 unspecified atom stereocenters. The van der Waals surface area contributed by atoms with Gasteiger partial charge in [0.1, 0.15) is 0 Å². The number of hydrogen-bond donors (Lipinski definition) is 2. The smallest absolute Gasteiger partial charge is 0.347 e. The minimum absolute atomic E-state index is 0.158. The second-order valence-corrected chi connectivity index (χ2v) is 7.41. The van der Waals surface area contributed by atoms with Crippen molar-refractivity contribution in [1.82, 2.24) is 24.5 Å². The van der Waals surface area contributed by atoms with Gasteiger partial charge >= 0.3 is 5.69 Å².